The first-order valence-corrected chi connectivity index (χ1v) is 14.8. The Morgan fingerprint density at radius 3 is 2.44 bits per heavy atom. The molecule has 1 saturated carbocycles. The SMILES string of the molecule is Cn1c(=O)c(C#N)c(N(C)[C@H]2CC[C@@H](/C(=N/OC(C)(C)C)c3ccccc3)CC2)c2nc(C#N)c(OC3CCOC3)cc21. The Hall–Kier alpha value is -4.41. The van der Waals surface area contributed by atoms with Crippen molar-refractivity contribution in [2.45, 2.75) is 70.6 Å². The molecule has 43 heavy (non-hydrogen) atoms. The standard InChI is InChI=1S/C33H38N6O4/c1-33(2,3)43-37-29(21-9-7-6-8-10-21)22-11-13-23(14-12-22)38(4)31-25(18-34)32(40)39(5)27-17-28(26(19-35)36-30(27)31)42-24-15-16-41-20-24/h6-10,17,22-24H,11-16,20H2,1-5H3/b37-29+/t22-,23+,24?. The van der Waals surface area contributed by atoms with E-state index in [2.05, 4.69) is 34.4 Å². The van der Waals surface area contributed by atoms with E-state index in [1.54, 1.807) is 13.1 Å². The van der Waals surface area contributed by atoms with Gasteiger partial charge in [0.1, 0.15) is 34.9 Å². The second-order valence-corrected chi connectivity index (χ2v) is 12.3. The van der Waals surface area contributed by atoms with Crippen LogP contribution in [-0.2, 0) is 16.6 Å². The Bertz CT molecular complexity index is 1650. The number of nitrogens with zero attached hydrogens (tertiary/aromatic N) is 6. The van der Waals surface area contributed by atoms with Gasteiger partial charge in [0.05, 0.1) is 30.1 Å². The lowest BCUT2D eigenvalue weighted by molar-refractivity contribution is -0.0000294. The van der Waals surface area contributed by atoms with Gasteiger partial charge in [0.15, 0.2) is 11.4 Å². The lowest BCUT2D eigenvalue weighted by atomic mass is 9.80. The topological polar surface area (TPSA) is 126 Å². The molecule has 0 spiro atoms. The molecule has 0 radical (unpaired) electrons. The fourth-order valence-electron chi connectivity index (χ4n) is 5.89. The zero-order valence-electron chi connectivity index (χ0n) is 25.5. The molecule has 10 heteroatoms. The molecule has 10 nitrogen and oxygen atoms in total. The van der Waals surface area contributed by atoms with E-state index < -0.39 is 11.2 Å². The van der Waals surface area contributed by atoms with Crippen LogP contribution in [0.5, 0.6) is 5.75 Å². The van der Waals surface area contributed by atoms with Gasteiger partial charge in [0, 0.05) is 38.5 Å². The predicted octanol–water partition coefficient (Wildman–Crippen LogP) is 5.06. The van der Waals surface area contributed by atoms with Gasteiger partial charge in [-0.15, -0.1) is 0 Å². The van der Waals surface area contributed by atoms with E-state index in [4.69, 9.17) is 14.3 Å². The Morgan fingerprint density at radius 1 is 1.12 bits per heavy atom. The average molecular weight is 583 g/mol. The summed E-state index contributed by atoms with van der Waals surface area (Å²) in [5, 5.41) is 24.7. The maximum atomic E-state index is 13.4. The average Bonchev–Trinajstić information content (AvgIpc) is 3.52. The van der Waals surface area contributed by atoms with E-state index in [-0.39, 0.29) is 29.3 Å². The smallest absolute Gasteiger partial charge is 0.270 e. The second kappa shape index (κ2) is 12.4. The molecule has 3 aromatic rings. The molecular formula is C33H38N6O4. The van der Waals surface area contributed by atoms with Crippen LogP contribution in [0.15, 0.2) is 46.3 Å². The van der Waals surface area contributed by atoms with Crippen molar-refractivity contribution in [1.29, 1.82) is 10.5 Å². The number of pyridine rings is 2. The van der Waals surface area contributed by atoms with Crippen molar-refractivity contribution in [2.24, 2.45) is 18.1 Å². The molecular weight excluding hydrogens is 544 g/mol. The lowest BCUT2D eigenvalue weighted by Gasteiger charge is -2.37. The Morgan fingerprint density at radius 2 is 1.84 bits per heavy atom. The van der Waals surface area contributed by atoms with Crippen LogP contribution < -0.4 is 15.2 Å². The number of aryl methyl sites for hydroxylation is 1. The number of nitriles is 2. The molecule has 0 bridgehead atoms. The molecule has 1 aliphatic carbocycles. The molecule has 2 fully saturated rings. The van der Waals surface area contributed by atoms with Crippen molar-refractivity contribution in [3.05, 3.63) is 63.6 Å². The molecule has 3 heterocycles. The highest BCUT2D eigenvalue weighted by Gasteiger charge is 2.32. The highest BCUT2D eigenvalue weighted by molar-refractivity contribution is 6.02. The highest BCUT2D eigenvalue weighted by Crippen LogP contribution is 2.37. The molecule has 2 aromatic heterocycles. The fourth-order valence-corrected chi connectivity index (χ4v) is 5.89. The van der Waals surface area contributed by atoms with Crippen molar-refractivity contribution in [3.63, 3.8) is 0 Å². The number of oxime groups is 1. The minimum Gasteiger partial charge on any atom is -0.485 e. The van der Waals surface area contributed by atoms with E-state index >= 15 is 0 Å². The van der Waals surface area contributed by atoms with Crippen LogP contribution in [0.1, 0.15) is 69.7 Å². The summed E-state index contributed by atoms with van der Waals surface area (Å²) in [5.74, 6) is 0.511. The van der Waals surface area contributed by atoms with Crippen molar-refractivity contribution in [1.82, 2.24) is 9.55 Å². The van der Waals surface area contributed by atoms with E-state index in [1.165, 1.54) is 4.57 Å². The van der Waals surface area contributed by atoms with Gasteiger partial charge in [-0.3, -0.25) is 4.79 Å². The van der Waals surface area contributed by atoms with Crippen molar-refractivity contribution >= 4 is 22.4 Å². The van der Waals surface area contributed by atoms with Crippen LogP contribution in [0, 0.1) is 28.6 Å². The van der Waals surface area contributed by atoms with E-state index in [0.717, 1.165) is 37.0 Å². The molecule has 1 aliphatic heterocycles. The molecule has 1 aromatic carbocycles. The van der Waals surface area contributed by atoms with Crippen molar-refractivity contribution in [3.8, 4) is 17.9 Å². The Kier molecular flexibility index (Phi) is 8.70. The van der Waals surface area contributed by atoms with Gasteiger partial charge in [-0.05, 0) is 52.0 Å². The van der Waals surface area contributed by atoms with E-state index in [0.29, 0.717) is 42.1 Å². The minimum absolute atomic E-state index is 0.0130. The quantitative estimate of drug-likeness (QED) is 0.280. The molecule has 0 amide bonds. The number of ether oxygens (including phenoxy) is 2. The Labute approximate surface area is 252 Å². The van der Waals surface area contributed by atoms with Gasteiger partial charge in [-0.2, -0.15) is 10.5 Å². The van der Waals surface area contributed by atoms with Gasteiger partial charge < -0.3 is 23.8 Å². The number of aromatic nitrogens is 2. The monoisotopic (exact) mass is 582 g/mol. The number of rotatable bonds is 7. The third-order valence-corrected chi connectivity index (χ3v) is 8.18. The first-order chi connectivity index (χ1) is 20.6. The zero-order valence-corrected chi connectivity index (χ0v) is 25.5. The van der Waals surface area contributed by atoms with Gasteiger partial charge >= 0.3 is 0 Å². The van der Waals surface area contributed by atoms with E-state index in [9.17, 15) is 15.3 Å². The molecule has 1 atom stereocenters. The molecule has 1 saturated heterocycles. The number of hydrogen-bond donors (Lipinski definition) is 0. The summed E-state index contributed by atoms with van der Waals surface area (Å²) in [5.41, 5.74) is 2.68. The summed E-state index contributed by atoms with van der Waals surface area (Å²) in [7, 11) is 3.52. The number of benzene rings is 1. The predicted molar refractivity (Wildman–Crippen MR) is 164 cm³/mol. The van der Waals surface area contributed by atoms with Crippen LogP contribution >= 0.6 is 0 Å². The summed E-state index contributed by atoms with van der Waals surface area (Å²) in [6.45, 7) is 6.98. The zero-order chi connectivity index (χ0) is 30.7. The number of fused-ring (bicyclic) bond motifs is 1. The lowest BCUT2D eigenvalue weighted by Crippen LogP contribution is -2.39. The maximum Gasteiger partial charge on any atom is 0.270 e. The van der Waals surface area contributed by atoms with Crippen molar-refractivity contribution in [2.75, 3.05) is 25.2 Å². The van der Waals surface area contributed by atoms with Gasteiger partial charge in [0.2, 0.25) is 0 Å². The maximum absolute atomic E-state index is 13.4. The van der Waals surface area contributed by atoms with Gasteiger partial charge in [-0.25, -0.2) is 4.98 Å². The normalized spacial score (nSPS) is 20.8. The van der Waals surface area contributed by atoms with Gasteiger partial charge in [0.25, 0.3) is 5.56 Å². The third kappa shape index (κ3) is 6.35. The summed E-state index contributed by atoms with van der Waals surface area (Å²) in [6.07, 6.45) is 3.89. The Balaban J connectivity index is 1.47. The van der Waals surface area contributed by atoms with Crippen LogP contribution in [-0.4, -0.2) is 53.3 Å². The fraction of sp³-hybridized carbons (Fsp3) is 0.485. The van der Waals surface area contributed by atoms with Crippen LogP contribution in [0.4, 0.5) is 5.69 Å². The first kappa shape index (κ1) is 30.1. The molecule has 0 N–H and O–H groups in total. The largest absolute Gasteiger partial charge is 0.485 e. The third-order valence-electron chi connectivity index (χ3n) is 8.18. The first-order valence-electron chi connectivity index (χ1n) is 14.8. The molecule has 224 valence electrons. The minimum atomic E-state index is -0.412. The molecule has 1 unspecified atom stereocenters. The van der Waals surface area contributed by atoms with Crippen LogP contribution in [0.3, 0.4) is 0 Å². The summed E-state index contributed by atoms with van der Waals surface area (Å²) < 4.78 is 12.9. The summed E-state index contributed by atoms with van der Waals surface area (Å²) in [4.78, 5) is 26.0. The van der Waals surface area contributed by atoms with Gasteiger partial charge in [-0.1, -0.05) is 35.5 Å². The van der Waals surface area contributed by atoms with Crippen molar-refractivity contribution < 1.29 is 14.3 Å². The van der Waals surface area contributed by atoms with Crippen LogP contribution in [0.25, 0.3) is 11.0 Å². The highest BCUT2D eigenvalue weighted by atomic mass is 16.6. The molecule has 5 rings (SSSR count). The second-order valence-electron chi connectivity index (χ2n) is 12.3. The number of anilines is 1. The number of hydrogen-bond acceptors (Lipinski definition) is 9. The van der Waals surface area contributed by atoms with E-state index in [1.807, 2.05) is 50.9 Å². The summed E-state index contributed by atoms with van der Waals surface area (Å²) >= 11 is 0. The summed E-state index contributed by atoms with van der Waals surface area (Å²) in [6, 6.07) is 16.1. The molecule has 2 aliphatic rings. The van der Waals surface area contributed by atoms with Crippen LogP contribution in [0.2, 0.25) is 0 Å².